The van der Waals surface area contributed by atoms with Gasteiger partial charge >= 0.3 is 0 Å². The molecule has 2 aromatic carbocycles. The zero-order valence-electron chi connectivity index (χ0n) is 11.2. The van der Waals surface area contributed by atoms with Gasteiger partial charge in [0.25, 0.3) is 6.64 Å². The van der Waals surface area contributed by atoms with Crippen molar-refractivity contribution in [3.8, 4) is 0 Å². The Hall–Kier alpha value is -1.03. The Kier molecular flexibility index (Phi) is 3.76. The second-order valence-electron chi connectivity index (χ2n) is 4.67. The maximum Gasteiger partial charge on any atom is 0.262 e. The first kappa shape index (κ1) is 13.9. The minimum atomic E-state index is -2.42. The second-order valence-corrected chi connectivity index (χ2v) is 7.97. The highest BCUT2D eigenvalue weighted by molar-refractivity contribution is 8.09. The summed E-state index contributed by atoms with van der Waals surface area (Å²) < 4.78 is 11.6. The standard InChI is InChI=1S/C15H16NO2PS/c1-17-19(20)16-12-15(18-19,13-8-4-2-5-9-13)14-10-6-3-7-11-14/h2-11H,12H2,1H3,(H,16,20). The van der Waals surface area contributed by atoms with Crippen molar-refractivity contribution in [2.24, 2.45) is 0 Å². The third-order valence-electron chi connectivity index (χ3n) is 3.52. The van der Waals surface area contributed by atoms with Crippen LogP contribution in [0, 0.1) is 0 Å². The van der Waals surface area contributed by atoms with Crippen molar-refractivity contribution >= 4 is 18.4 Å². The predicted octanol–water partition coefficient (Wildman–Crippen LogP) is 3.42. The van der Waals surface area contributed by atoms with Gasteiger partial charge in [0.1, 0.15) is 5.60 Å². The summed E-state index contributed by atoms with van der Waals surface area (Å²) in [5, 5.41) is 3.25. The van der Waals surface area contributed by atoms with Crippen molar-refractivity contribution in [2.45, 2.75) is 5.60 Å². The molecule has 1 fully saturated rings. The molecule has 0 amide bonds. The molecule has 1 unspecified atom stereocenters. The first-order valence-corrected chi connectivity index (χ1v) is 9.05. The van der Waals surface area contributed by atoms with Crippen LogP contribution in [0.3, 0.4) is 0 Å². The van der Waals surface area contributed by atoms with Gasteiger partial charge in [-0.2, -0.15) is 0 Å². The van der Waals surface area contributed by atoms with E-state index in [1.807, 2.05) is 36.4 Å². The summed E-state index contributed by atoms with van der Waals surface area (Å²) >= 11 is 5.47. The van der Waals surface area contributed by atoms with Gasteiger partial charge in [-0.15, -0.1) is 0 Å². The van der Waals surface area contributed by atoms with Crippen LogP contribution in [0.2, 0.25) is 0 Å². The molecule has 1 aliphatic rings. The van der Waals surface area contributed by atoms with Crippen molar-refractivity contribution in [1.29, 1.82) is 0 Å². The van der Waals surface area contributed by atoms with Crippen molar-refractivity contribution in [2.75, 3.05) is 13.7 Å². The fraction of sp³-hybridized carbons (Fsp3) is 0.200. The van der Waals surface area contributed by atoms with Gasteiger partial charge in [-0.1, -0.05) is 60.7 Å². The number of hydrogen-bond acceptors (Lipinski definition) is 3. The second kappa shape index (κ2) is 5.40. The number of nitrogens with one attached hydrogen (secondary N) is 1. The summed E-state index contributed by atoms with van der Waals surface area (Å²) in [5.41, 5.74) is 1.60. The van der Waals surface area contributed by atoms with E-state index in [9.17, 15) is 0 Å². The molecule has 3 nitrogen and oxygen atoms in total. The van der Waals surface area contributed by atoms with Crippen molar-refractivity contribution in [3.63, 3.8) is 0 Å². The van der Waals surface area contributed by atoms with Gasteiger partial charge in [-0.05, 0) is 22.9 Å². The fourth-order valence-corrected chi connectivity index (χ4v) is 4.42. The van der Waals surface area contributed by atoms with E-state index >= 15 is 0 Å². The van der Waals surface area contributed by atoms with Crippen molar-refractivity contribution < 1.29 is 9.05 Å². The molecule has 1 aliphatic heterocycles. The molecule has 2 aromatic rings. The monoisotopic (exact) mass is 305 g/mol. The van der Waals surface area contributed by atoms with E-state index in [1.165, 1.54) is 0 Å². The Morgan fingerprint density at radius 2 is 1.55 bits per heavy atom. The van der Waals surface area contributed by atoms with Crippen molar-refractivity contribution in [3.05, 3.63) is 71.8 Å². The molecule has 0 radical (unpaired) electrons. The molecular weight excluding hydrogens is 289 g/mol. The van der Waals surface area contributed by atoms with E-state index in [2.05, 4.69) is 29.4 Å². The maximum absolute atomic E-state index is 6.25. The summed E-state index contributed by atoms with van der Waals surface area (Å²) in [7, 11) is 1.60. The topological polar surface area (TPSA) is 30.5 Å². The lowest BCUT2D eigenvalue weighted by Gasteiger charge is -2.29. The van der Waals surface area contributed by atoms with E-state index in [-0.39, 0.29) is 0 Å². The highest BCUT2D eigenvalue weighted by atomic mass is 32.5. The molecule has 104 valence electrons. The lowest BCUT2D eigenvalue weighted by Crippen LogP contribution is -2.31. The molecule has 0 aliphatic carbocycles. The molecule has 1 saturated heterocycles. The van der Waals surface area contributed by atoms with E-state index in [4.69, 9.17) is 20.9 Å². The normalized spacial score (nSPS) is 24.6. The van der Waals surface area contributed by atoms with Gasteiger partial charge in [-0.3, -0.25) is 0 Å². The summed E-state index contributed by atoms with van der Waals surface area (Å²) in [6, 6.07) is 20.3. The Bertz CT molecular complexity index is 593. The maximum atomic E-state index is 6.25. The third-order valence-corrected chi connectivity index (χ3v) is 6.15. The van der Waals surface area contributed by atoms with Crippen LogP contribution in [0.25, 0.3) is 0 Å². The first-order valence-electron chi connectivity index (χ1n) is 6.41. The van der Waals surface area contributed by atoms with Crippen LogP contribution >= 0.6 is 6.64 Å². The number of rotatable bonds is 3. The lowest BCUT2D eigenvalue weighted by atomic mass is 9.86. The predicted molar refractivity (Wildman–Crippen MR) is 84.0 cm³/mol. The third kappa shape index (κ3) is 2.34. The van der Waals surface area contributed by atoms with Gasteiger partial charge in [-0.25, -0.2) is 5.09 Å². The molecule has 20 heavy (non-hydrogen) atoms. The lowest BCUT2D eigenvalue weighted by molar-refractivity contribution is 0.145. The summed E-state index contributed by atoms with van der Waals surface area (Å²) in [4.78, 5) is 0. The SMILES string of the molecule is COP1(=S)NCC(c2ccccc2)(c2ccccc2)O1. The average Bonchev–Trinajstić information content (AvgIpc) is 2.89. The Balaban J connectivity index is 2.13. The van der Waals surface area contributed by atoms with E-state index < -0.39 is 12.2 Å². The van der Waals surface area contributed by atoms with Gasteiger partial charge in [0.15, 0.2) is 0 Å². The van der Waals surface area contributed by atoms with Gasteiger partial charge < -0.3 is 9.05 Å². The highest BCUT2D eigenvalue weighted by Gasteiger charge is 2.46. The van der Waals surface area contributed by atoms with Crippen LogP contribution in [-0.2, 0) is 26.5 Å². The first-order chi connectivity index (χ1) is 9.69. The minimum Gasteiger partial charge on any atom is -0.321 e. The Morgan fingerprint density at radius 1 is 1.05 bits per heavy atom. The quantitative estimate of drug-likeness (QED) is 0.880. The molecule has 0 bridgehead atoms. The van der Waals surface area contributed by atoms with E-state index in [0.29, 0.717) is 6.54 Å². The smallest absolute Gasteiger partial charge is 0.262 e. The molecular formula is C15H16NO2PS. The molecule has 0 aromatic heterocycles. The van der Waals surface area contributed by atoms with Gasteiger partial charge in [0.2, 0.25) is 0 Å². The van der Waals surface area contributed by atoms with E-state index in [0.717, 1.165) is 11.1 Å². The zero-order chi connectivity index (χ0) is 14.1. The van der Waals surface area contributed by atoms with Crippen LogP contribution in [-0.4, -0.2) is 13.7 Å². The molecule has 0 spiro atoms. The van der Waals surface area contributed by atoms with E-state index in [1.54, 1.807) is 7.11 Å². The summed E-state index contributed by atoms with van der Waals surface area (Å²) in [6.45, 7) is -1.80. The highest BCUT2D eigenvalue weighted by Crippen LogP contribution is 2.57. The molecule has 1 N–H and O–H groups in total. The molecule has 1 atom stereocenters. The van der Waals surface area contributed by atoms with Crippen LogP contribution in [0.1, 0.15) is 11.1 Å². The zero-order valence-corrected chi connectivity index (χ0v) is 12.9. The Labute approximate surface area is 124 Å². The number of hydrogen-bond donors (Lipinski definition) is 1. The average molecular weight is 305 g/mol. The van der Waals surface area contributed by atoms with Crippen LogP contribution in [0.15, 0.2) is 60.7 Å². The van der Waals surface area contributed by atoms with Crippen LogP contribution in [0.5, 0.6) is 0 Å². The largest absolute Gasteiger partial charge is 0.321 e. The van der Waals surface area contributed by atoms with Gasteiger partial charge in [0, 0.05) is 13.7 Å². The van der Waals surface area contributed by atoms with Crippen LogP contribution in [0.4, 0.5) is 0 Å². The molecule has 5 heteroatoms. The van der Waals surface area contributed by atoms with Gasteiger partial charge in [0.05, 0.1) is 0 Å². The molecule has 0 saturated carbocycles. The Morgan fingerprint density at radius 3 is 1.95 bits per heavy atom. The van der Waals surface area contributed by atoms with Crippen LogP contribution < -0.4 is 5.09 Å². The summed E-state index contributed by atoms with van der Waals surface area (Å²) in [5.74, 6) is 0. The number of benzene rings is 2. The van der Waals surface area contributed by atoms with Crippen molar-refractivity contribution in [1.82, 2.24) is 5.09 Å². The minimum absolute atomic E-state index is 0.575. The molecule has 1 heterocycles. The summed E-state index contributed by atoms with van der Waals surface area (Å²) in [6.07, 6.45) is 0. The fourth-order valence-electron chi connectivity index (χ4n) is 2.47. The molecule has 3 rings (SSSR count).